The topological polar surface area (TPSA) is 34.6 Å². The van der Waals surface area contributed by atoms with Crippen LogP contribution in [0.3, 0.4) is 0 Å². The van der Waals surface area contributed by atoms with Crippen molar-refractivity contribution in [3.63, 3.8) is 0 Å². The molecule has 4 rings (SSSR count). The van der Waals surface area contributed by atoms with Crippen molar-refractivity contribution in [1.29, 1.82) is 0 Å². The molecule has 0 saturated carbocycles. The molecule has 5 heteroatoms. The van der Waals surface area contributed by atoms with Crippen LogP contribution in [0.4, 0.5) is 5.82 Å². The lowest BCUT2D eigenvalue weighted by molar-refractivity contribution is 0.174. The van der Waals surface area contributed by atoms with Gasteiger partial charge in [-0.15, -0.1) is 11.6 Å². The van der Waals surface area contributed by atoms with Gasteiger partial charge in [0.2, 0.25) is 6.79 Å². The third-order valence-corrected chi connectivity index (χ3v) is 4.02. The van der Waals surface area contributed by atoms with Crippen LogP contribution in [0, 0.1) is 0 Å². The maximum absolute atomic E-state index is 6.19. The third-order valence-electron chi connectivity index (χ3n) is 3.67. The SMILES string of the molecule is ClC1CCN(c2nccc3cc4c(cc23)OCO4)C1. The van der Waals surface area contributed by atoms with E-state index < -0.39 is 0 Å². The van der Waals surface area contributed by atoms with E-state index in [9.17, 15) is 0 Å². The second-order valence-corrected chi connectivity index (χ2v) is 5.51. The van der Waals surface area contributed by atoms with Gasteiger partial charge in [-0.05, 0) is 30.0 Å². The molecule has 1 unspecified atom stereocenters. The molecule has 0 amide bonds. The second-order valence-electron chi connectivity index (χ2n) is 4.89. The Morgan fingerprint density at radius 1 is 1.26 bits per heavy atom. The Balaban J connectivity index is 1.86. The number of hydrogen-bond donors (Lipinski definition) is 0. The van der Waals surface area contributed by atoms with E-state index in [-0.39, 0.29) is 5.38 Å². The van der Waals surface area contributed by atoms with E-state index in [1.165, 1.54) is 0 Å². The molecule has 0 N–H and O–H groups in total. The Kier molecular flexibility index (Phi) is 2.45. The molecule has 1 aromatic carbocycles. The minimum Gasteiger partial charge on any atom is -0.454 e. The number of rotatable bonds is 1. The summed E-state index contributed by atoms with van der Waals surface area (Å²) in [7, 11) is 0. The van der Waals surface area contributed by atoms with Crippen LogP contribution in [0.25, 0.3) is 10.8 Å². The summed E-state index contributed by atoms with van der Waals surface area (Å²) >= 11 is 6.19. The van der Waals surface area contributed by atoms with Gasteiger partial charge in [-0.1, -0.05) is 0 Å². The van der Waals surface area contributed by atoms with E-state index in [0.29, 0.717) is 6.79 Å². The lowest BCUT2D eigenvalue weighted by Gasteiger charge is -2.18. The minimum atomic E-state index is 0.214. The summed E-state index contributed by atoms with van der Waals surface area (Å²) in [4.78, 5) is 6.76. The van der Waals surface area contributed by atoms with Gasteiger partial charge in [0.25, 0.3) is 0 Å². The van der Waals surface area contributed by atoms with Crippen molar-refractivity contribution in [2.24, 2.45) is 0 Å². The Labute approximate surface area is 115 Å². The highest BCUT2D eigenvalue weighted by atomic mass is 35.5. The largest absolute Gasteiger partial charge is 0.454 e. The van der Waals surface area contributed by atoms with Crippen molar-refractivity contribution in [1.82, 2.24) is 4.98 Å². The smallest absolute Gasteiger partial charge is 0.231 e. The summed E-state index contributed by atoms with van der Waals surface area (Å²) in [5.74, 6) is 2.59. The van der Waals surface area contributed by atoms with Crippen LogP contribution >= 0.6 is 11.6 Å². The number of pyridine rings is 1. The van der Waals surface area contributed by atoms with E-state index in [2.05, 4.69) is 9.88 Å². The molecular formula is C14H13ClN2O2. The highest BCUT2D eigenvalue weighted by molar-refractivity contribution is 6.21. The number of aromatic nitrogens is 1. The molecule has 0 aliphatic carbocycles. The first-order valence-electron chi connectivity index (χ1n) is 6.38. The maximum Gasteiger partial charge on any atom is 0.231 e. The summed E-state index contributed by atoms with van der Waals surface area (Å²) in [5.41, 5.74) is 0. The van der Waals surface area contributed by atoms with Gasteiger partial charge in [-0.3, -0.25) is 0 Å². The van der Waals surface area contributed by atoms with Crippen LogP contribution in [0.5, 0.6) is 11.5 Å². The molecule has 2 aromatic rings. The van der Waals surface area contributed by atoms with Gasteiger partial charge in [0.1, 0.15) is 5.82 Å². The van der Waals surface area contributed by atoms with Gasteiger partial charge in [0.15, 0.2) is 11.5 Å². The Bertz CT molecular complexity index is 647. The fourth-order valence-electron chi connectivity index (χ4n) is 2.71. The first kappa shape index (κ1) is 11.2. The highest BCUT2D eigenvalue weighted by Gasteiger charge is 2.24. The summed E-state index contributed by atoms with van der Waals surface area (Å²) in [6.07, 6.45) is 2.84. The molecule has 0 radical (unpaired) electrons. The fourth-order valence-corrected chi connectivity index (χ4v) is 2.97. The summed E-state index contributed by atoms with van der Waals surface area (Å²) in [6, 6.07) is 6.02. The van der Waals surface area contributed by atoms with Gasteiger partial charge in [-0.2, -0.15) is 0 Å². The van der Waals surface area contributed by atoms with Crippen molar-refractivity contribution in [3.05, 3.63) is 24.4 Å². The average molecular weight is 277 g/mol. The number of ether oxygens (including phenoxy) is 2. The average Bonchev–Trinajstić information content (AvgIpc) is 3.03. The van der Waals surface area contributed by atoms with Gasteiger partial charge in [-0.25, -0.2) is 4.98 Å². The van der Waals surface area contributed by atoms with Crippen LogP contribution < -0.4 is 14.4 Å². The molecule has 98 valence electrons. The minimum absolute atomic E-state index is 0.214. The first-order chi connectivity index (χ1) is 9.31. The Hall–Kier alpha value is -1.68. The van der Waals surface area contributed by atoms with Crippen molar-refractivity contribution in [2.75, 3.05) is 24.8 Å². The Morgan fingerprint density at radius 2 is 2.11 bits per heavy atom. The predicted octanol–water partition coefficient (Wildman–Crippen LogP) is 2.78. The van der Waals surface area contributed by atoms with E-state index in [4.69, 9.17) is 21.1 Å². The molecule has 2 aliphatic rings. The molecule has 19 heavy (non-hydrogen) atoms. The van der Waals surface area contributed by atoms with Crippen molar-refractivity contribution in [3.8, 4) is 11.5 Å². The zero-order valence-corrected chi connectivity index (χ0v) is 11.1. The molecule has 4 nitrogen and oxygen atoms in total. The van der Waals surface area contributed by atoms with Gasteiger partial charge in [0, 0.05) is 24.7 Å². The number of halogens is 1. The highest BCUT2D eigenvalue weighted by Crippen LogP contribution is 2.39. The number of alkyl halides is 1. The number of hydrogen-bond acceptors (Lipinski definition) is 4. The standard InChI is InChI=1S/C14H13ClN2O2/c15-10-2-4-17(7-10)14-11-6-13-12(18-8-19-13)5-9(11)1-3-16-14/h1,3,5-6,10H,2,4,7-8H2. The lowest BCUT2D eigenvalue weighted by Crippen LogP contribution is -2.21. The molecule has 1 aromatic heterocycles. The van der Waals surface area contributed by atoms with Crippen LogP contribution in [-0.2, 0) is 0 Å². The van der Waals surface area contributed by atoms with Crippen LogP contribution in [0.2, 0.25) is 0 Å². The van der Waals surface area contributed by atoms with E-state index >= 15 is 0 Å². The normalized spacial score (nSPS) is 21.3. The van der Waals surface area contributed by atoms with Crippen molar-refractivity contribution >= 4 is 28.2 Å². The monoisotopic (exact) mass is 276 g/mol. The number of nitrogens with zero attached hydrogens (tertiary/aromatic N) is 2. The van der Waals surface area contributed by atoms with Crippen molar-refractivity contribution < 1.29 is 9.47 Å². The fraction of sp³-hybridized carbons (Fsp3) is 0.357. The molecule has 1 atom stereocenters. The quantitative estimate of drug-likeness (QED) is 0.750. The van der Waals surface area contributed by atoms with E-state index in [0.717, 1.165) is 47.6 Å². The van der Waals surface area contributed by atoms with E-state index in [1.54, 1.807) is 0 Å². The van der Waals surface area contributed by atoms with Gasteiger partial charge < -0.3 is 14.4 Å². The first-order valence-corrected chi connectivity index (χ1v) is 6.82. The van der Waals surface area contributed by atoms with Crippen LogP contribution in [0.1, 0.15) is 6.42 Å². The zero-order chi connectivity index (χ0) is 12.8. The molecule has 0 bridgehead atoms. The molecular weight excluding hydrogens is 264 g/mol. The Morgan fingerprint density at radius 3 is 2.89 bits per heavy atom. The summed E-state index contributed by atoms with van der Waals surface area (Å²) in [5, 5.41) is 2.43. The van der Waals surface area contributed by atoms with Crippen LogP contribution in [-0.4, -0.2) is 30.2 Å². The number of benzene rings is 1. The zero-order valence-electron chi connectivity index (χ0n) is 10.3. The molecule has 1 saturated heterocycles. The van der Waals surface area contributed by atoms with Gasteiger partial charge in [0.05, 0.1) is 5.38 Å². The molecule has 1 fully saturated rings. The lowest BCUT2D eigenvalue weighted by atomic mass is 10.1. The van der Waals surface area contributed by atoms with Gasteiger partial charge >= 0.3 is 0 Å². The number of anilines is 1. The van der Waals surface area contributed by atoms with E-state index in [1.807, 2.05) is 24.4 Å². The number of fused-ring (bicyclic) bond motifs is 2. The second kappa shape index (κ2) is 4.17. The van der Waals surface area contributed by atoms with Crippen molar-refractivity contribution in [2.45, 2.75) is 11.8 Å². The summed E-state index contributed by atoms with van der Waals surface area (Å²) in [6.45, 7) is 2.10. The molecule has 0 spiro atoms. The molecule has 2 aliphatic heterocycles. The maximum atomic E-state index is 6.19. The third kappa shape index (κ3) is 1.78. The molecule has 3 heterocycles. The summed E-state index contributed by atoms with van der Waals surface area (Å²) < 4.78 is 10.9. The van der Waals surface area contributed by atoms with Crippen LogP contribution in [0.15, 0.2) is 24.4 Å². The predicted molar refractivity (Wildman–Crippen MR) is 74.3 cm³/mol.